The molecule has 0 unspecified atom stereocenters. The summed E-state index contributed by atoms with van der Waals surface area (Å²) in [5.41, 5.74) is 6.09. The molecule has 0 amide bonds. The third-order valence-electron chi connectivity index (χ3n) is 5.65. The van der Waals surface area contributed by atoms with Crippen LogP contribution in [0.15, 0.2) is 89.8 Å². The van der Waals surface area contributed by atoms with Gasteiger partial charge >= 0.3 is 16.3 Å². The van der Waals surface area contributed by atoms with Gasteiger partial charge in [0.2, 0.25) is 0 Å². The maximum atomic E-state index is 13.5. The van der Waals surface area contributed by atoms with E-state index in [0.717, 1.165) is 4.31 Å². The maximum Gasteiger partial charge on any atom is 0.364 e. The number of fused-ring (bicyclic) bond motifs is 1. The van der Waals surface area contributed by atoms with Crippen LogP contribution in [0, 0.1) is 0 Å². The standard InChI is InChI=1S/C25H23N3O8S2/c1-36-19-10-8-18(9-11-19)28(38(33,34)35)24-15-14-23(21-4-2-3-5-22(21)24)27(16-25(29)30)37(31,32)20-12-6-17(26)7-13-20/h2-15H,16,26H2,1H3,(H,29,30)(H,33,34,35). The third-order valence-corrected chi connectivity index (χ3v) is 8.29. The fourth-order valence-corrected chi connectivity index (χ4v) is 6.19. The van der Waals surface area contributed by atoms with Gasteiger partial charge in [-0.1, -0.05) is 24.3 Å². The van der Waals surface area contributed by atoms with E-state index in [-0.39, 0.29) is 32.7 Å². The van der Waals surface area contributed by atoms with Crippen molar-refractivity contribution in [2.24, 2.45) is 0 Å². The molecule has 0 aliphatic rings. The van der Waals surface area contributed by atoms with E-state index in [9.17, 15) is 31.3 Å². The molecule has 4 aromatic rings. The Kier molecular flexibility index (Phi) is 7.18. The molecule has 38 heavy (non-hydrogen) atoms. The lowest BCUT2D eigenvalue weighted by Gasteiger charge is -2.27. The van der Waals surface area contributed by atoms with Gasteiger partial charge in [0.1, 0.15) is 12.3 Å². The van der Waals surface area contributed by atoms with Gasteiger partial charge in [-0.2, -0.15) is 8.42 Å². The molecular weight excluding hydrogens is 534 g/mol. The van der Waals surface area contributed by atoms with Crippen molar-refractivity contribution in [2.45, 2.75) is 4.90 Å². The second kappa shape index (κ2) is 10.2. The van der Waals surface area contributed by atoms with Crippen molar-refractivity contribution in [3.05, 3.63) is 84.9 Å². The van der Waals surface area contributed by atoms with E-state index in [1.807, 2.05) is 0 Å². The zero-order valence-electron chi connectivity index (χ0n) is 19.9. The minimum Gasteiger partial charge on any atom is -0.497 e. The largest absolute Gasteiger partial charge is 0.497 e. The fraction of sp³-hybridized carbons (Fsp3) is 0.0800. The molecule has 0 saturated carbocycles. The van der Waals surface area contributed by atoms with E-state index in [2.05, 4.69) is 0 Å². The van der Waals surface area contributed by atoms with Gasteiger partial charge in [0, 0.05) is 16.5 Å². The van der Waals surface area contributed by atoms with Crippen LogP contribution in [0.1, 0.15) is 0 Å². The highest BCUT2D eigenvalue weighted by Crippen LogP contribution is 2.40. The lowest BCUT2D eigenvalue weighted by atomic mass is 10.1. The Balaban J connectivity index is 1.95. The van der Waals surface area contributed by atoms with Crippen molar-refractivity contribution in [1.82, 2.24) is 0 Å². The Morgan fingerprint density at radius 2 is 1.39 bits per heavy atom. The minimum absolute atomic E-state index is 0.00593. The summed E-state index contributed by atoms with van der Waals surface area (Å²) in [6, 6.07) is 20.0. The first kappa shape index (κ1) is 26.7. The van der Waals surface area contributed by atoms with Crippen LogP contribution in [0.4, 0.5) is 22.7 Å². The quantitative estimate of drug-likeness (QED) is 0.205. The first-order valence-electron chi connectivity index (χ1n) is 11.0. The van der Waals surface area contributed by atoms with E-state index in [0.29, 0.717) is 15.7 Å². The van der Waals surface area contributed by atoms with E-state index >= 15 is 0 Å². The van der Waals surface area contributed by atoms with Gasteiger partial charge in [-0.05, 0) is 60.7 Å². The van der Waals surface area contributed by atoms with Gasteiger partial charge in [0.25, 0.3) is 10.0 Å². The van der Waals surface area contributed by atoms with E-state index < -0.39 is 32.8 Å². The number of sulfonamides is 1. The Morgan fingerprint density at radius 3 is 1.92 bits per heavy atom. The molecule has 0 heterocycles. The molecule has 0 radical (unpaired) electrons. The number of aliphatic carboxylic acids is 1. The molecule has 0 fully saturated rings. The second-order valence-electron chi connectivity index (χ2n) is 8.06. The minimum atomic E-state index is -4.85. The molecule has 0 atom stereocenters. The number of nitrogens with zero attached hydrogens (tertiary/aromatic N) is 2. The summed E-state index contributed by atoms with van der Waals surface area (Å²) in [7, 11) is -7.78. The number of hydrogen-bond acceptors (Lipinski definition) is 7. The van der Waals surface area contributed by atoms with Gasteiger partial charge in [0.05, 0.1) is 29.1 Å². The highest BCUT2D eigenvalue weighted by molar-refractivity contribution is 7.93. The molecule has 0 aromatic heterocycles. The van der Waals surface area contributed by atoms with Crippen LogP contribution < -0.4 is 19.1 Å². The predicted octanol–water partition coefficient (Wildman–Crippen LogP) is 3.65. The first-order valence-corrected chi connectivity index (χ1v) is 13.8. The van der Waals surface area contributed by atoms with Crippen molar-refractivity contribution < 1.29 is 36.0 Å². The molecule has 4 rings (SSSR count). The molecule has 0 aliphatic carbocycles. The van der Waals surface area contributed by atoms with Crippen molar-refractivity contribution in [3.63, 3.8) is 0 Å². The molecule has 11 nitrogen and oxygen atoms in total. The summed E-state index contributed by atoms with van der Waals surface area (Å²) >= 11 is 0. The maximum absolute atomic E-state index is 13.5. The van der Waals surface area contributed by atoms with Crippen molar-refractivity contribution in [1.29, 1.82) is 0 Å². The van der Waals surface area contributed by atoms with Gasteiger partial charge in [-0.3, -0.25) is 13.7 Å². The van der Waals surface area contributed by atoms with Crippen molar-refractivity contribution in [2.75, 3.05) is 28.0 Å². The Hall–Kier alpha value is -4.33. The van der Waals surface area contributed by atoms with E-state index in [1.54, 1.807) is 12.1 Å². The Morgan fingerprint density at radius 1 is 0.842 bits per heavy atom. The van der Waals surface area contributed by atoms with E-state index in [1.165, 1.54) is 79.9 Å². The molecule has 198 valence electrons. The highest BCUT2D eigenvalue weighted by Gasteiger charge is 2.30. The summed E-state index contributed by atoms with van der Waals surface area (Å²) in [5.74, 6) is -0.948. The molecular formula is C25H23N3O8S2. The number of nitrogen functional groups attached to an aromatic ring is 1. The number of nitrogens with two attached hydrogens (primary N) is 1. The monoisotopic (exact) mass is 557 g/mol. The SMILES string of the molecule is COc1ccc(N(c2ccc(N(CC(=O)O)S(=O)(=O)c3ccc(N)cc3)c3ccccc23)S(=O)(=O)O)cc1. The smallest absolute Gasteiger partial charge is 0.364 e. The number of benzene rings is 4. The number of carboxylic acids is 1. The normalized spacial score (nSPS) is 11.7. The number of rotatable bonds is 9. The summed E-state index contributed by atoms with van der Waals surface area (Å²) in [5, 5.41) is 10.0. The Bertz CT molecular complexity index is 1710. The van der Waals surface area contributed by atoms with E-state index in [4.69, 9.17) is 10.5 Å². The van der Waals surface area contributed by atoms with Gasteiger partial charge < -0.3 is 15.6 Å². The van der Waals surface area contributed by atoms with Crippen LogP contribution in [0.3, 0.4) is 0 Å². The molecule has 0 bridgehead atoms. The number of carbonyl (C=O) groups is 1. The molecule has 13 heteroatoms. The molecule has 0 aliphatic heterocycles. The summed E-state index contributed by atoms with van der Waals surface area (Å²) in [6.07, 6.45) is 0. The van der Waals surface area contributed by atoms with Crippen LogP contribution in [-0.4, -0.2) is 46.1 Å². The van der Waals surface area contributed by atoms with Gasteiger partial charge in [0.15, 0.2) is 0 Å². The van der Waals surface area contributed by atoms with Crippen LogP contribution in [-0.2, 0) is 25.1 Å². The third kappa shape index (κ3) is 5.20. The fourth-order valence-electron chi connectivity index (χ4n) is 3.97. The average molecular weight is 558 g/mol. The number of methoxy groups -OCH3 is 1. The topological polar surface area (TPSA) is 168 Å². The zero-order valence-corrected chi connectivity index (χ0v) is 21.6. The Labute approximate surface area is 219 Å². The van der Waals surface area contributed by atoms with Crippen LogP contribution in [0.2, 0.25) is 0 Å². The first-order chi connectivity index (χ1) is 17.9. The highest BCUT2D eigenvalue weighted by atomic mass is 32.2. The predicted molar refractivity (Wildman–Crippen MR) is 144 cm³/mol. The second-order valence-corrected chi connectivity index (χ2v) is 11.2. The summed E-state index contributed by atoms with van der Waals surface area (Å²) < 4.78 is 68.8. The summed E-state index contributed by atoms with van der Waals surface area (Å²) in [4.78, 5) is 11.6. The molecule has 4 N–H and O–H groups in total. The summed E-state index contributed by atoms with van der Waals surface area (Å²) in [6.45, 7) is -0.906. The number of ether oxygens (including phenoxy) is 1. The lowest BCUT2D eigenvalue weighted by molar-refractivity contribution is -0.135. The number of anilines is 4. The van der Waals surface area contributed by atoms with Crippen molar-refractivity contribution in [3.8, 4) is 5.75 Å². The molecule has 4 aromatic carbocycles. The van der Waals surface area contributed by atoms with Crippen LogP contribution >= 0.6 is 0 Å². The van der Waals surface area contributed by atoms with Gasteiger partial charge in [-0.15, -0.1) is 0 Å². The van der Waals surface area contributed by atoms with Crippen LogP contribution in [0.25, 0.3) is 10.8 Å². The number of hydrogen-bond donors (Lipinski definition) is 3. The zero-order chi connectivity index (χ0) is 27.7. The molecule has 0 saturated heterocycles. The number of carboxylic acid groups (broad SMARTS) is 1. The van der Waals surface area contributed by atoms with Crippen molar-refractivity contribution >= 4 is 59.8 Å². The van der Waals surface area contributed by atoms with Crippen LogP contribution in [0.5, 0.6) is 5.75 Å². The molecule has 0 spiro atoms. The van der Waals surface area contributed by atoms with Gasteiger partial charge in [-0.25, -0.2) is 12.7 Å². The average Bonchev–Trinajstić information content (AvgIpc) is 2.87. The lowest BCUT2D eigenvalue weighted by Crippen LogP contribution is -2.36.